The molecule has 3 aromatic rings. The van der Waals surface area contributed by atoms with E-state index in [9.17, 15) is 14.7 Å². The van der Waals surface area contributed by atoms with Gasteiger partial charge >= 0.3 is 0 Å². The normalized spacial score (nSPS) is 17.4. The number of ether oxygens (including phenoxy) is 1. The van der Waals surface area contributed by atoms with Crippen molar-refractivity contribution in [3.63, 3.8) is 0 Å². The van der Waals surface area contributed by atoms with Crippen molar-refractivity contribution in [2.75, 3.05) is 4.90 Å². The average molecular weight is 476 g/mol. The van der Waals surface area contributed by atoms with Crippen LogP contribution in [0.3, 0.4) is 0 Å². The number of aryl methyl sites for hydroxylation is 1. The minimum absolute atomic E-state index is 0.0107. The third kappa shape index (κ3) is 4.57. The van der Waals surface area contributed by atoms with E-state index in [1.165, 1.54) is 4.90 Å². The number of hydrogen-bond donors (Lipinski definition) is 1. The van der Waals surface area contributed by atoms with Gasteiger partial charge in [0, 0.05) is 16.3 Å². The molecule has 1 fully saturated rings. The number of benzene rings is 3. The van der Waals surface area contributed by atoms with Crippen LogP contribution in [-0.4, -0.2) is 22.9 Å². The van der Waals surface area contributed by atoms with E-state index in [0.717, 1.165) is 17.5 Å². The molecular formula is C28H26ClNO4. The van der Waals surface area contributed by atoms with Gasteiger partial charge in [0.1, 0.15) is 11.5 Å². The highest BCUT2D eigenvalue weighted by atomic mass is 35.5. The Kier molecular flexibility index (Phi) is 6.75. The van der Waals surface area contributed by atoms with Gasteiger partial charge in [0.2, 0.25) is 0 Å². The van der Waals surface area contributed by atoms with Crippen molar-refractivity contribution in [2.45, 2.75) is 39.3 Å². The number of aliphatic hydroxyl groups is 1. The lowest BCUT2D eigenvalue weighted by molar-refractivity contribution is -0.132. The van der Waals surface area contributed by atoms with Crippen molar-refractivity contribution in [3.8, 4) is 5.75 Å². The number of halogens is 1. The van der Waals surface area contributed by atoms with Crippen LogP contribution in [0.4, 0.5) is 5.69 Å². The predicted octanol–water partition coefficient (Wildman–Crippen LogP) is 6.32. The molecule has 3 aromatic carbocycles. The van der Waals surface area contributed by atoms with Crippen LogP contribution in [-0.2, 0) is 16.0 Å². The van der Waals surface area contributed by atoms with Crippen LogP contribution >= 0.6 is 11.6 Å². The molecule has 174 valence electrons. The number of carbonyl (C=O) groups is 2. The monoisotopic (exact) mass is 475 g/mol. The van der Waals surface area contributed by atoms with Crippen molar-refractivity contribution in [1.29, 1.82) is 0 Å². The standard InChI is InChI=1S/C28H26ClNO4/c1-4-18-5-7-19(8-6-18)25-24(26(31)20-9-11-21(29)12-10-20)27(32)28(33)30(25)22-13-15-23(16-14-22)34-17(2)3/h5-17,25,31H,4H2,1-3H3/b26-24+. The van der Waals surface area contributed by atoms with Gasteiger partial charge in [0.25, 0.3) is 11.7 Å². The Hall–Kier alpha value is -3.57. The first-order valence-corrected chi connectivity index (χ1v) is 11.6. The van der Waals surface area contributed by atoms with Crippen molar-refractivity contribution >= 4 is 34.7 Å². The second kappa shape index (κ2) is 9.74. The zero-order chi connectivity index (χ0) is 24.4. The minimum atomic E-state index is -0.779. The molecule has 0 aliphatic carbocycles. The number of amides is 1. The number of aliphatic hydroxyl groups excluding tert-OH is 1. The van der Waals surface area contributed by atoms with Crippen molar-refractivity contribution in [2.24, 2.45) is 0 Å². The first-order chi connectivity index (χ1) is 16.3. The maximum absolute atomic E-state index is 13.3. The summed E-state index contributed by atoms with van der Waals surface area (Å²) in [4.78, 5) is 27.9. The van der Waals surface area contributed by atoms with Crippen LogP contribution in [0.5, 0.6) is 5.75 Å². The SMILES string of the molecule is CCc1ccc(C2/C(=C(\O)c3ccc(Cl)cc3)C(=O)C(=O)N2c2ccc(OC(C)C)cc2)cc1. The molecule has 1 atom stereocenters. The molecule has 34 heavy (non-hydrogen) atoms. The van der Waals surface area contributed by atoms with Crippen molar-refractivity contribution < 1.29 is 19.4 Å². The van der Waals surface area contributed by atoms with E-state index in [0.29, 0.717) is 22.0 Å². The van der Waals surface area contributed by atoms with E-state index in [1.54, 1.807) is 48.5 Å². The van der Waals surface area contributed by atoms with E-state index in [2.05, 4.69) is 6.92 Å². The van der Waals surface area contributed by atoms with Gasteiger partial charge in [-0.3, -0.25) is 14.5 Å². The van der Waals surface area contributed by atoms with Gasteiger partial charge in [-0.05, 0) is 79.9 Å². The molecule has 0 spiro atoms. The fourth-order valence-electron chi connectivity index (χ4n) is 4.07. The first-order valence-electron chi connectivity index (χ1n) is 11.2. The van der Waals surface area contributed by atoms with Crippen molar-refractivity contribution in [1.82, 2.24) is 0 Å². The van der Waals surface area contributed by atoms with Gasteiger partial charge in [-0.15, -0.1) is 0 Å². The summed E-state index contributed by atoms with van der Waals surface area (Å²) in [5, 5.41) is 11.7. The third-order valence-corrected chi connectivity index (χ3v) is 6.00. The van der Waals surface area contributed by atoms with Gasteiger partial charge in [-0.2, -0.15) is 0 Å². The predicted molar refractivity (Wildman–Crippen MR) is 134 cm³/mol. The number of rotatable bonds is 6. The van der Waals surface area contributed by atoms with E-state index in [1.807, 2.05) is 38.1 Å². The van der Waals surface area contributed by atoms with Crippen LogP contribution in [0, 0.1) is 0 Å². The molecule has 1 heterocycles. The molecule has 0 bridgehead atoms. The molecular weight excluding hydrogens is 450 g/mol. The van der Waals surface area contributed by atoms with E-state index >= 15 is 0 Å². The van der Waals surface area contributed by atoms with Crippen LogP contribution < -0.4 is 9.64 Å². The molecule has 0 saturated carbocycles. The van der Waals surface area contributed by atoms with Crippen LogP contribution in [0.2, 0.25) is 5.02 Å². The Labute approximate surface area is 204 Å². The number of Topliss-reactive ketones (excluding diaryl/α,β-unsaturated/α-hetero) is 1. The highest BCUT2D eigenvalue weighted by Crippen LogP contribution is 2.42. The third-order valence-electron chi connectivity index (χ3n) is 5.75. The summed E-state index contributed by atoms with van der Waals surface area (Å²) in [5.74, 6) is -1.00. The average Bonchev–Trinajstić information content (AvgIpc) is 3.10. The lowest BCUT2D eigenvalue weighted by Gasteiger charge is -2.26. The number of carbonyl (C=O) groups excluding carboxylic acids is 2. The van der Waals surface area contributed by atoms with Gasteiger partial charge in [-0.25, -0.2) is 0 Å². The maximum Gasteiger partial charge on any atom is 0.300 e. The molecule has 4 rings (SSSR count). The molecule has 6 heteroatoms. The highest BCUT2D eigenvalue weighted by Gasteiger charge is 2.46. The Morgan fingerprint density at radius 2 is 1.59 bits per heavy atom. The summed E-state index contributed by atoms with van der Waals surface area (Å²) in [7, 11) is 0. The Morgan fingerprint density at radius 3 is 2.15 bits per heavy atom. The molecule has 1 aliphatic heterocycles. The zero-order valence-corrected chi connectivity index (χ0v) is 20.0. The van der Waals surface area contributed by atoms with Crippen molar-refractivity contribution in [3.05, 3.63) is 100 Å². The van der Waals surface area contributed by atoms with Crippen LogP contribution in [0.15, 0.2) is 78.4 Å². The molecule has 1 N–H and O–H groups in total. The smallest absolute Gasteiger partial charge is 0.300 e. The van der Waals surface area contributed by atoms with Gasteiger partial charge in [-0.1, -0.05) is 42.8 Å². The maximum atomic E-state index is 13.3. The molecule has 5 nitrogen and oxygen atoms in total. The molecule has 0 aromatic heterocycles. The summed E-state index contributed by atoms with van der Waals surface area (Å²) in [6.07, 6.45) is 0.874. The van der Waals surface area contributed by atoms with E-state index < -0.39 is 17.7 Å². The Balaban J connectivity index is 1.86. The van der Waals surface area contributed by atoms with Crippen LogP contribution in [0.25, 0.3) is 5.76 Å². The van der Waals surface area contributed by atoms with E-state index in [4.69, 9.17) is 16.3 Å². The second-order valence-electron chi connectivity index (χ2n) is 8.43. The van der Waals surface area contributed by atoms with Gasteiger partial charge in [0.15, 0.2) is 0 Å². The summed E-state index contributed by atoms with van der Waals surface area (Å²) >= 11 is 5.99. The molecule has 1 unspecified atom stereocenters. The number of hydrogen-bond acceptors (Lipinski definition) is 4. The molecule has 1 saturated heterocycles. The quantitative estimate of drug-likeness (QED) is 0.257. The Bertz CT molecular complexity index is 1230. The highest BCUT2D eigenvalue weighted by molar-refractivity contribution is 6.51. The largest absolute Gasteiger partial charge is 0.507 e. The molecule has 1 amide bonds. The van der Waals surface area contributed by atoms with E-state index in [-0.39, 0.29) is 17.4 Å². The van der Waals surface area contributed by atoms with Gasteiger partial charge < -0.3 is 9.84 Å². The first kappa shape index (κ1) is 23.6. The lowest BCUT2D eigenvalue weighted by atomic mass is 9.94. The number of anilines is 1. The number of ketones is 1. The summed E-state index contributed by atoms with van der Waals surface area (Å²) in [6.45, 7) is 5.93. The zero-order valence-electron chi connectivity index (χ0n) is 19.3. The summed E-state index contributed by atoms with van der Waals surface area (Å²) in [5.41, 5.74) is 2.86. The Morgan fingerprint density at radius 1 is 0.971 bits per heavy atom. The minimum Gasteiger partial charge on any atom is -0.507 e. The topological polar surface area (TPSA) is 66.8 Å². The molecule has 0 radical (unpaired) electrons. The fourth-order valence-corrected chi connectivity index (χ4v) is 4.20. The number of nitrogens with zero attached hydrogens (tertiary/aromatic N) is 1. The summed E-state index contributed by atoms with van der Waals surface area (Å²) < 4.78 is 5.71. The molecule has 1 aliphatic rings. The van der Waals surface area contributed by atoms with Crippen LogP contribution in [0.1, 0.15) is 43.5 Å². The fraction of sp³-hybridized carbons (Fsp3) is 0.214. The summed E-state index contributed by atoms with van der Waals surface area (Å²) in [6, 6.07) is 20.5. The lowest BCUT2D eigenvalue weighted by Crippen LogP contribution is -2.29. The second-order valence-corrected chi connectivity index (χ2v) is 8.87. The van der Waals surface area contributed by atoms with Gasteiger partial charge in [0.05, 0.1) is 17.7 Å².